The Morgan fingerprint density at radius 3 is 2.63 bits per heavy atom. The highest BCUT2D eigenvalue weighted by atomic mass is 16.2. The van der Waals surface area contributed by atoms with E-state index in [1.54, 1.807) is 0 Å². The first kappa shape index (κ1) is 14.8. The smallest absolute Gasteiger partial charge is 0.241 e. The van der Waals surface area contributed by atoms with Crippen LogP contribution in [0, 0.1) is 5.92 Å². The summed E-state index contributed by atoms with van der Waals surface area (Å²) in [4.78, 5) is 14.4. The molecule has 1 saturated heterocycles. The molecular formula is C16H30N2O. The summed E-state index contributed by atoms with van der Waals surface area (Å²) in [6, 6.07) is 0.0847. The van der Waals surface area contributed by atoms with E-state index < -0.39 is 0 Å². The lowest BCUT2D eigenvalue weighted by molar-refractivity contribution is -0.130. The second-order valence-electron chi connectivity index (χ2n) is 6.36. The lowest BCUT2D eigenvalue weighted by atomic mass is 10.0. The summed E-state index contributed by atoms with van der Waals surface area (Å²) >= 11 is 0. The Labute approximate surface area is 118 Å². The van der Waals surface area contributed by atoms with Gasteiger partial charge in [0.15, 0.2) is 0 Å². The van der Waals surface area contributed by atoms with E-state index in [-0.39, 0.29) is 12.2 Å². The van der Waals surface area contributed by atoms with E-state index in [1.807, 2.05) is 0 Å². The second kappa shape index (κ2) is 7.28. The van der Waals surface area contributed by atoms with Gasteiger partial charge in [0.2, 0.25) is 5.91 Å². The lowest BCUT2D eigenvalue weighted by Crippen LogP contribution is -2.35. The predicted molar refractivity (Wildman–Crippen MR) is 78.8 cm³/mol. The summed E-state index contributed by atoms with van der Waals surface area (Å²) in [5, 5.41) is 3.44. The van der Waals surface area contributed by atoms with Gasteiger partial charge in [0.25, 0.3) is 0 Å². The minimum Gasteiger partial charge on any atom is -0.326 e. The van der Waals surface area contributed by atoms with Crippen LogP contribution in [0.3, 0.4) is 0 Å². The van der Waals surface area contributed by atoms with Gasteiger partial charge in [-0.2, -0.15) is 0 Å². The number of carbonyl (C=O) groups excluding carboxylic acids is 1. The van der Waals surface area contributed by atoms with Crippen molar-refractivity contribution in [3.05, 3.63) is 0 Å². The molecule has 2 rings (SSSR count). The van der Waals surface area contributed by atoms with Gasteiger partial charge < -0.3 is 4.90 Å². The quantitative estimate of drug-likeness (QED) is 0.767. The van der Waals surface area contributed by atoms with Crippen molar-refractivity contribution in [2.24, 2.45) is 5.92 Å². The molecule has 3 nitrogen and oxygen atoms in total. The average molecular weight is 266 g/mol. The third-order valence-corrected chi connectivity index (χ3v) is 4.82. The molecule has 19 heavy (non-hydrogen) atoms. The zero-order valence-electron chi connectivity index (χ0n) is 12.7. The van der Waals surface area contributed by atoms with Gasteiger partial charge in [-0.05, 0) is 32.1 Å². The first-order valence-electron chi connectivity index (χ1n) is 8.29. The summed E-state index contributed by atoms with van der Waals surface area (Å²) < 4.78 is 0. The molecule has 1 aliphatic heterocycles. The second-order valence-corrected chi connectivity index (χ2v) is 6.36. The fourth-order valence-corrected chi connectivity index (χ4v) is 3.61. The van der Waals surface area contributed by atoms with Gasteiger partial charge >= 0.3 is 0 Å². The number of hydrogen-bond acceptors (Lipinski definition) is 2. The van der Waals surface area contributed by atoms with Gasteiger partial charge in [-0.1, -0.05) is 45.4 Å². The van der Waals surface area contributed by atoms with Crippen LogP contribution in [0.1, 0.15) is 71.6 Å². The zero-order valence-corrected chi connectivity index (χ0v) is 12.7. The molecular weight excluding hydrogens is 236 g/mol. The summed E-state index contributed by atoms with van der Waals surface area (Å²) in [5.41, 5.74) is 0. The maximum absolute atomic E-state index is 12.3. The number of nitrogens with one attached hydrogen (secondary N) is 1. The van der Waals surface area contributed by atoms with E-state index in [1.165, 1.54) is 44.9 Å². The molecule has 0 aromatic carbocycles. The Kier molecular flexibility index (Phi) is 5.68. The van der Waals surface area contributed by atoms with E-state index in [0.717, 1.165) is 25.3 Å². The molecule has 2 atom stereocenters. The molecule has 0 aromatic heterocycles. The Morgan fingerprint density at radius 2 is 1.95 bits per heavy atom. The highest BCUT2D eigenvalue weighted by molar-refractivity contribution is 5.84. The standard InChI is InChI=1S/C16H30N2O/c1-3-4-11-15-16(19)18(13(2)17-15)12-7-10-14-8-5-6-9-14/h13-15,17H,3-12H2,1-2H3. The van der Waals surface area contributed by atoms with Gasteiger partial charge in [-0.25, -0.2) is 0 Å². The minimum absolute atomic E-state index is 0.0847. The monoisotopic (exact) mass is 266 g/mol. The van der Waals surface area contributed by atoms with Crippen LogP contribution in [0.4, 0.5) is 0 Å². The van der Waals surface area contributed by atoms with E-state index in [2.05, 4.69) is 24.1 Å². The van der Waals surface area contributed by atoms with E-state index >= 15 is 0 Å². The van der Waals surface area contributed by atoms with Gasteiger partial charge in [0.1, 0.15) is 0 Å². The highest BCUT2D eigenvalue weighted by Crippen LogP contribution is 2.28. The molecule has 0 aromatic rings. The fraction of sp³-hybridized carbons (Fsp3) is 0.938. The van der Waals surface area contributed by atoms with Crippen LogP contribution in [0.25, 0.3) is 0 Å². The first-order chi connectivity index (χ1) is 9.22. The first-order valence-corrected chi connectivity index (χ1v) is 8.29. The van der Waals surface area contributed by atoms with Crippen LogP contribution in [-0.2, 0) is 4.79 Å². The molecule has 1 saturated carbocycles. The van der Waals surface area contributed by atoms with Crippen LogP contribution < -0.4 is 5.32 Å². The number of hydrogen-bond donors (Lipinski definition) is 1. The topological polar surface area (TPSA) is 32.3 Å². The predicted octanol–water partition coefficient (Wildman–Crippen LogP) is 3.29. The highest BCUT2D eigenvalue weighted by Gasteiger charge is 2.35. The Balaban J connectivity index is 1.71. The Bertz CT molecular complexity index is 286. The van der Waals surface area contributed by atoms with Crippen LogP contribution in [0.2, 0.25) is 0 Å². The van der Waals surface area contributed by atoms with Crippen molar-refractivity contribution in [3.63, 3.8) is 0 Å². The average Bonchev–Trinajstić information content (AvgIpc) is 2.99. The van der Waals surface area contributed by atoms with Crippen molar-refractivity contribution < 1.29 is 4.79 Å². The Morgan fingerprint density at radius 1 is 1.21 bits per heavy atom. The fourth-order valence-electron chi connectivity index (χ4n) is 3.61. The third kappa shape index (κ3) is 3.95. The van der Waals surface area contributed by atoms with E-state index in [9.17, 15) is 4.79 Å². The summed E-state index contributed by atoms with van der Waals surface area (Å²) in [7, 11) is 0. The van der Waals surface area contributed by atoms with Crippen molar-refractivity contribution in [3.8, 4) is 0 Å². The maximum atomic E-state index is 12.3. The Hall–Kier alpha value is -0.570. The van der Waals surface area contributed by atoms with Crippen molar-refractivity contribution in [1.29, 1.82) is 0 Å². The number of rotatable bonds is 7. The molecule has 0 radical (unpaired) electrons. The SMILES string of the molecule is CCCCC1NC(C)N(CCCC2CCCC2)C1=O. The van der Waals surface area contributed by atoms with Crippen LogP contribution in [0.5, 0.6) is 0 Å². The van der Waals surface area contributed by atoms with Gasteiger partial charge in [0, 0.05) is 6.54 Å². The number of amides is 1. The molecule has 0 spiro atoms. The molecule has 1 heterocycles. The molecule has 0 bridgehead atoms. The third-order valence-electron chi connectivity index (χ3n) is 4.82. The van der Waals surface area contributed by atoms with E-state index in [0.29, 0.717) is 5.91 Å². The van der Waals surface area contributed by atoms with Gasteiger partial charge in [-0.15, -0.1) is 0 Å². The summed E-state index contributed by atoms with van der Waals surface area (Å²) in [6.45, 7) is 5.26. The molecule has 2 fully saturated rings. The van der Waals surface area contributed by atoms with Crippen LogP contribution in [0.15, 0.2) is 0 Å². The number of carbonyl (C=O) groups is 1. The largest absolute Gasteiger partial charge is 0.326 e. The van der Waals surface area contributed by atoms with Crippen molar-refractivity contribution in [2.75, 3.05) is 6.54 Å². The molecule has 110 valence electrons. The van der Waals surface area contributed by atoms with Crippen LogP contribution >= 0.6 is 0 Å². The summed E-state index contributed by atoms with van der Waals surface area (Å²) in [6.07, 6.45) is 11.7. The number of nitrogens with zero attached hydrogens (tertiary/aromatic N) is 1. The number of unbranched alkanes of at least 4 members (excludes halogenated alkanes) is 1. The molecule has 1 aliphatic carbocycles. The molecule has 2 aliphatic rings. The van der Waals surface area contributed by atoms with Gasteiger partial charge in [0.05, 0.1) is 12.2 Å². The minimum atomic E-state index is 0.0847. The molecule has 3 heteroatoms. The van der Waals surface area contributed by atoms with Crippen molar-refractivity contribution >= 4 is 5.91 Å². The zero-order chi connectivity index (χ0) is 13.7. The normalized spacial score (nSPS) is 28.5. The molecule has 2 unspecified atom stereocenters. The van der Waals surface area contributed by atoms with E-state index in [4.69, 9.17) is 0 Å². The van der Waals surface area contributed by atoms with Crippen molar-refractivity contribution in [2.45, 2.75) is 83.8 Å². The maximum Gasteiger partial charge on any atom is 0.241 e. The molecule has 1 N–H and O–H groups in total. The molecule has 1 amide bonds. The van der Waals surface area contributed by atoms with Crippen molar-refractivity contribution in [1.82, 2.24) is 10.2 Å². The lowest BCUT2D eigenvalue weighted by Gasteiger charge is -2.21. The van der Waals surface area contributed by atoms with Crippen LogP contribution in [-0.4, -0.2) is 29.6 Å². The van der Waals surface area contributed by atoms with Gasteiger partial charge in [-0.3, -0.25) is 10.1 Å². The summed E-state index contributed by atoms with van der Waals surface area (Å²) in [5.74, 6) is 1.28.